The number of halogens is 2. The minimum absolute atomic E-state index is 0.211. The van der Waals surface area contributed by atoms with Gasteiger partial charge in [0.25, 0.3) is 5.91 Å². The Morgan fingerprint density at radius 3 is 2.23 bits per heavy atom. The Morgan fingerprint density at radius 2 is 1.65 bits per heavy atom. The number of benzene rings is 2. The maximum atomic E-state index is 12.5. The van der Waals surface area contributed by atoms with Crippen LogP contribution in [-0.2, 0) is 11.2 Å². The molecule has 0 saturated carbocycles. The van der Waals surface area contributed by atoms with E-state index < -0.39 is 0 Å². The monoisotopic (exact) mass is 567 g/mol. The van der Waals surface area contributed by atoms with Crippen LogP contribution in [0.1, 0.15) is 40.7 Å². The third-order valence-corrected chi connectivity index (χ3v) is 6.55. The largest absolute Gasteiger partial charge is 0.332 e. The van der Waals surface area contributed by atoms with Crippen LogP contribution in [0.3, 0.4) is 0 Å². The highest BCUT2D eigenvalue weighted by molar-refractivity contribution is 9.11. The molecular weight excluding hydrogens is 542 g/mol. The van der Waals surface area contributed by atoms with Gasteiger partial charge in [-0.3, -0.25) is 14.9 Å². The minimum Gasteiger partial charge on any atom is -0.332 e. The van der Waals surface area contributed by atoms with Crippen molar-refractivity contribution in [2.45, 2.75) is 32.6 Å². The summed E-state index contributed by atoms with van der Waals surface area (Å²) in [5.74, 6) is -0.0481. The number of rotatable bonds is 9. The van der Waals surface area contributed by atoms with Crippen LogP contribution in [0.15, 0.2) is 45.3 Å². The number of unbranched alkanes of at least 4 members (excludes halogenated alkanes) is 1. The zero-order chi connectivity index (χ0) is 23.0. The summed E-state index contributed by atoms with van der Waals surface area (Å²) in [5, 5.41) is 5.90. The minimum atomic E-state index is -0.296. The van der Waals surface area contributed by atoms with Crippen molar-refractivity contribution in [1.29, 1.82) is 0 Å². The van der Waals surface area contributed by atoms with E-state index >= 15 is 0 Å². The summed E-state index contributed by atoms with van der Waals surface area (Å²) in [6, 6.07) is 11.0. The lowest BCUT2D eigenvalue weighted by molar-refractivity contribution is -0.118. The molecule has 2 rings (SSSR count). The Labute approximate surface area is 206 Å². The van der Waals surface area contributed by atoms with Crippen LogP contribution in [0.2, 0.25) is 0 Å². The summed E-state index contributed by atoms with van der Waals surface area (Å²) >= 11 is 12.2. The van der Waals surface area contributed by atoms with Gasteiger partial charge < -0.3 is 10.2 Å². The number of hydrogen-bond acceptors (Lipinski definition) is 4. The van der Waals surface area contributed by atoms with Gasteiger partial charge in [0, 0.05) is 33.0 Å². The molecule has 2 aromatic carbocycles. The first kappa shape index (κ1) is 25.6. The summed E-state index contributed by atoms with van der Waals surface area (Å²) in [7, 11) is 4.07. The molecule has 0 atom stereocenters. The quantitative estimate of drug-likeness (QED) is 0.309. The molecule has 0 aliphatic carbocycles. The highest BCUT2D eigenvalue weighted by Gasteiger charge is 2.12. The first-order valence-corrected chi connectivity index (χ1v) is 12.0. The molecule has 0 heterocycles. The van der Waals surface area contributed by atoms with Gasteiger partial charge in [-0.1, -0.05) is 44.0 Å². The van der Waals surface area contributed by atoms with E-state index in [1.165, 1.54) is 0 Å². The van der Waals surface area contributed by atoms with Gasteiger partial charge in [0.15, 0.2) is 5.11 Å². The number of hydrogen-bond donors (Lipinski definition) is 2. The molecule has 0 aliphatic heterocycles. The van der Waals surface area contributed by atoms with E-state index in [0.717, 1.165) is 45.1 Å². The Balaban J connectivity index is 1.83. The molecule has 1 amide bonds. The SMILES string of the molecule is Cc1c(Br)cc(C(=O)NC(=S)Nc2ccc(CC(=O)CCCCN(C)C)cc2)cc1Br. The van der Waals surface area contributed by atoms with Crippen LogP contribution < -0.4 is 10.6 Å². The zero-order valence-corrected chi connectivity index (χ0v) is 21.9. The van der Waals surface area contributed by atoms with Crippen LogP contribution in [0.4, 0.5) is 5.69 Å². The highest BCUT2D eigenvalue weighted by Crippen LogP contribution is 2.26. The van der Waals surface area contributed by atoms with Crippen LogP contribution >= 0.6 is 44.1 Å². The smallest absolute Gasteiger partial charge is 0.257 e. The number of carbonyl (C=O) groups is 2. The number of amides is 1. The Kier molecular flexibility index (Phi) is 10.3. The number of nitrogens with zero attached hydrogens (tertiary/aromatic N) is 1. The Morgan fingerprint density at radius 1 is 1.03 bits per heavy atom. The lowest BCUT2D eigenvalue weighted by Crippen LogP contribution is -2.34. The predicted octanol–water partition coefficient (Wildman–Crippen LogP) is 5.49. The number of thiocarbonyl (C=S) groups is 1. The first-order chi connectivity index (χ1) is 14.7. The molecule has 0 bridgehead atoms. The van der Waals surface area contributed by atoms with Gasteiger partial charge in [-0.05, 0) is 88.0 Å². The standard InChI is InChI=1S/C23H27Br2N3O2S/c1-15-20(24)13-17(14-21(15)25)22(30)27-23(31)26-18-9-7-16(8-10-18)12-19(29)6-4-5-11-28(2)3/h7-10,13-14H,4-6,11-12H2,1-3H3,(H2,26,27,30,31). The second-order valence-corrected chi connectivity index (χ2v) is 9.76. The summed E-state index contributed by atoms with van der Waals surface area (Å²) in [5.41, 5.74) is 3.23. The maximum absolute atomic E-state index is 12.5. The van der Waals surface area contributed by atoms with Crippen molar-refractivity contribution in [1.82, 2.24) is 10.2 Å². The molecule has 2 aromatic rings. The molecule has 0 fully saturated rings. The second kappa shape index (κ2) is 12.4. The van der Waals surface area contributed by atoms with Gasteiger partial charge in [0.05, 0.1) is 0 Å². The summed E-state index contributed by atoms with van der Waals surface area (Å²) in [6.45, 7) is 2.95. The predicted molar refractivity (Wildman–Crippen MR) is 138 cm³/mol. The van der Waals surface area contributed by atoms with E-state index in [-0.39, 0.29) is 16.8 Å². The van der Waals surface area contributed by atoms with Crippen molar-refractivity contribution in [2.24, 2.45) is 0 Å². The van der Waals surface area contributed by atoms with Gasteiger partial charge >= 0.3 is 0 Å². The van der Waals surface area contributed by atoms with Crippen molar-refractivity contribution in [2.75, 3.05) is 26.0 Å². The van der Waals surface area contributed by atoms with E-state index in [9.17, 15) is 9.59 Å². The first-order valence-electron chi connectivity index (χ1n) is 9.99. The van der Waals surface area contributed by atoms with Crippen LogP contribution in [-0.4, -0.2) is 42.3 Å². The van der Waals surface area contributed by atoms with Crippen LogP contribution in [0.25, 0.3) is 0 Å². The summed E-state index contributed by atoms with van der Waals surface area (Å²) in [6.07, 6.45) is 2.98. The lowest BCUT2D eigenvalue weighted by atomic mass is 10.0. The Hall–Kier alpha value is -1.61. The van der Waals surface area contributed by atoms with E-state index in [4.69, 9.17) is 12.2 Å². The Bertz CT molecular complexity index is 923. The van der Waals surface area contributed by atoms with E-state index in [2.05, 4.69) is 47.4 Å². The third-order valence-electron chi connectivity index (χ3n) is 4.69. The fraction of sp³-hybridized carbons (Fsp3) is 0.348. The average Bonchev–Trinajstić information content (AvgIpc) is 2.70. The highest BCUT2D eigenvalue weighted by atomic mass is 79.9. The summed E-state index contributed by atoms with van der Waals surface area (Å²) in [4.78, 5) is 26.7. The fourth-order valence-corrected chi connectivity index (χ4v) is 4.28. The van der Waals surface area contributed by atoms with E-state index in [1.807, 2.05) is 45.3 Å². The van der Waals surface area contributed by atoms with Crippen molar-refractivity contribution in [3.63, 3.8) is 0 Å². The fourth-order valence-electron chi connectivity index (χ4n) is 2.89. The molecule has 8 heteroatoms. The van der Waals surface area contributed by atoms with Gasteiger partial charge in [0.1, 0.15) is 5.78 Å². The average molecular weight is 569 g/mol. The van der Waals surface area contributed by atoms with Crippen molar-refractivity contribution >= 4 is 66.6 Å². The van der Waals surface area contributed by atoms with E-state index in [0.29, 0.717) is 18.4 Å². The molecule has 0 radical (unpaired) electrons. The molecule has 0 saturated heterocycles. The van der Waals surface area contributed by atoms with Crippen molar-refractivity contribution < 1.29 is 9.59 Å². The second-order valence-electron chi connectivity index (χ2n) is 7.65. The molecule has 0 spiro atoms. The third kappa shape index (κ3) is 8.80. The van der Waals surface area contributed by atoms with Crippen LogP contribution in [0, 0.1) is 6.92 Å². The topological polar surface area (TPSA) is 61.4 Å². The van der Waals surface area contributed by atoms with Gasteiger partial charge in [-0.15, -0.1) is 0 Å². The molecule has 2 N–H and O–H groups in total. The zero-order valence-electron chi connectivity index (χ0n) is 17.9. The maximum Gasteiger partial charge on any atom is 0.257 e. The number of ketones is 1. The molecule has 5 nitrogen and oxygen atoms in total. The van der Waals surface area contributed by atoms with Gasteiger partial charge in [-0.2, -0.15) is 0 Å². The lowest BCUT2D eigenvalue weighted by Gasteiger charge is -2.11. The van der Waals surface area contributed by atoms with Crippen molar-refractivity contribution in [3.05, 3.63) is 62.0 Å². The number of nitrogens with one attached hydrogen (secondary N) is 2. The van der Waals surface area contributed by atoms with Gasteiger partial charge in [0.2, 0.25) is 0 Å². The summed E-state index contributed by atoms with van der Waals surface area (Å²) < 4.78 is 1.68. The number of carbonyl (C=O) groups excluding carboxylic acids is 2. The molecule has 166 valence electrons. The van der Waals surface area contributed by atoms with E-state index in [1.54, 1.807) is 12.1 Å². The normalized spacial score (nSPS) is 10.8. The number of Topliss-reactive ketones (excluding diaryl/α,β-unsaturated/α-hetero) is 1. The molecular formula is C23H27Br2N3O2S. The molecule has 0 unspecified atom stereocenters. The van der Waals surface area contributed by atoms with Crippen LogP contribution in [0.5, 0.6) is 0 Å². The molecule has 0 aliphatic rings. The van der Waals surface area contributed by atoms with Crippen molar-refractivity contribution in [3.8, 4) is 0 Å². The van der Waals surface area contributed by atoms with Gasteiger partial charge in [-0.25, -0.2) is 0 Å². The molecule has 0 aromatic heterocycles. The molecule has 31 heavy (non-hydrogen) atoms. The number of anilines is 1.